The maximum absolute atomic E-state index is 5.97. The van der Waals surface area contributed by atoms with Gasteiger partial charge in [-0.05, 0) is 48.2 Å². The van der Waals surface area contributed by atoms with E-state index in [4.69, 9.17) is 38.5 Å². The summed E-state index contributed by atoms with van der Waals surface area (Å²) in [6.45, 7) is 10.3. The summed E-state index contributed by atoms with van der Waals surface area (Å²) < 4.78 is 5.52. The van der Waals surface area contributed by atoms with Crippen molar-refractivity contribution in [2.75, 3.05) is 54.5 Å². The lowest BCUT2D eigenvalue weighted by atomic mass is 9.92. The molecule has 32 heavy (non-hydrogen) atoms. The third-order valence-corrected chi connectivity index (χ3v) is 6.32. The largest absolute Gasteiger partial charge is 0.378 e. The smallest absolute Gasteiger partial charge is 0.232 e. The molecule has 172 valence electrons. The first-order valence-corrected chi connectivity index (χ1v) is 12.0. The molecule has 2 saturated heterocycles. The number of thiocarbonyl (C=S) groups is 1. The number of hydrogen-bond acceptors (Lipinski definition) is 6. The van der Waals surface area contributed by atoms with E-state index in [9.17, 15) is 0 Å². The van der Waals surface area contributed by atoms with Crippen LogP contribution in [-0.2, 0) is 11.3 Å². The summed E-state index contributed by atoms with van der Waals surface area (Å²) in [5.74, 6) is 3.65. The number of hydrogen-bond donors (Lipinski definition) is 2. The standard InChI is InChI=1S/C23H31ClN6OS/c1-16-11-17(2)15-30(14-16)21-12-20(29-7-9-31-10-8-29)26-22(27-21)28-23(32)25-13-18-3-5-19(24)6-4-18/h3-6,12,16-17H,7-11,13-15H2,1-2H3,(H2,25,26,27,28,32). The van der Waals surface area contributed by atoms with Gasteiger partial charge in [-0.15, -0.1) is 0 Å². The van der Waals surface area contributed by atoms with Crippen LogP contribution < -0.4 is 20.4 Å². The van der Waals surface area contributed by atoms with Crippen molar-refractivity contribution < 1.29 is 4.74 Å². The highest BCUT2D eigenvalue weighted by Crippen LogP contribution is 2.28. The summed E-state index contributed by atoms with van der Waals surface area (Å²) in [6.07, 6.45) is 1.25. The van der Waals surface area contributed by atoms with E-state index in [2.05, 4.69) is 40.3 Å². The van der Waals surface area contributed by atoms with Crippen LogP contribution in [-0.4, -0.2) is 54.5 Å². The second-order valence-electron chi connectivity index (χ2n) is 8.79. The second-order valence-corrected chi connectivity index (χ2v) is 9.64. The number of benzene rings is 1. The predicted octanol–water partition coefficient (Wildman–Crippen LogP) is 3.94. The van der Waals surface area contributed by atoms with Gasteiger partial charge < -0.3 is 25.2 Å². The summed E-state index contributed by atoms with van der Waals surface area (Å²) in [6, 6.07) is 9.80. The zero-order valence-corrected chi connectivity index (χ0v) is 20.3. The van der Waals surface area contributed by atoms with E-state index in [0.717, 1.165) is 48.4 Å². The van der Waals surface area contributed by atoms with Crippen molar-refractivity contribution in [3.63, 3.8) is 0 Å². The maximum atomic E-state index is 5.97. The van der Waals surface area contributed by atoms with Gasteiger partial charge in [-0.25, -0.2) is 0 Å². The van der Waals surface area contributed by atoms with Crippen LogP contribution in [0, 0.1) is 11.8 Å². The third-order valence-electron chi connectivity index (χ3n) is 5.82. The fourth-order valence-electron chi connectivity index (χ4n) is 4.37. The van der Waals surface area contributed by atoms with E-state index in [0.29, 0.717) is 42.7 Å². The van der Waals surface area contributed by atoms with E-state index < -0.39 is 0 Å². The Hall–Kier alpha value is -2.16. The van der Waals surface area contributed by atoms with Crippen LogP contribution in [0.5, 0.6) is 0 Å². The van der Waals surface area contributed by atoms with Gasteiger partial charge in [-0.3, -0.25) is 0 Å². The lowest BCUT2D eigenvalue weighted by Crippen LogP contribution is -2.40. The van der Waals surface area contributed by atoms with Gasteiger partial charge in [0, 0.05) is 43.8 Å². The summed E-state index contributed by atoms with van der Waals surface area (Å²) in [4.78, 5) is 14.2. The van der Waals surface area contributed by atoms with Gasteiger partial charge >= 0.3 is 0 Å². The molecule has 2 atom stereocenters. The van der Waals surface area contributed by atoms with E-state index in [1.165, 1.54) is 6.42 Å². The Morgan fingerprint density at radius 3 is 2.34 bits per heavy atom. The minimum Gasteiger partial charge on any atom is -0.378 e. The molecule has 0 aliphatic carbocycles. The Morgan fingerprint density at radius 2 is 1.69 bits per heavy atom. The number of morpholine rings is 1. The van der Waals surface area contributed by atoms with Gasteiger partial charge in [0.25, 0.3) is 0 Å². The van der Waals surface area contributed by atoms with Crippen LogP contribution in [0.3, 0.4) is 0 Å². The molecule has 0 bridgehead atoms. The highest BCUT2D eigenvalue weighted by atomic mass is 35.5. The Kier molecular flexibility index (Phi) is 7.65. The number of nitrogens with one attached hydrogen (secondary N) is 2. The molecular weight excluding hydrogens is 444 g/mol. The average molecular weight is 475 g/mol. The topological polar surface area (TPSA) is 65.6 Å². The minimum absolute atomic E-state index is 0.491. The second kappa shape index (κ2) is 10.6. The quantitative estimate of drug-likeness (QED) is 0.632. The molecule has 2 fully saturated rings. The van der Waals surface area contributed by atoms with Crippen LogP contribution in [0.4, 0.5) is 17.6 Å². The van der Waals surface area contributed by atoms with E-state index in [1.54, 1.807) is 0 Å². The average Bonchev–Trinajstić information content (AvgIpc) is 2.78. The molecule has 0 spiro atoms. The van der Waals surface area contributed by atoms with Gasteiger partial charge in [0.2, 0.25) is 5.95 Å². The maximum Gasteiger partial charge on any atom is 0.232 e. The van der Waals surface area contributed by atoms with Crippen molar-refractivity contribution in [2.45, 2.75) is 26.8 Å². The number of piperidine rings is 1. The zero-order valence-electron chi connectivity index (χ0n) is 18.7. The van der Waals surface area contributed by atoms with Gasteiger partial charge in [-0.1, -0.05) is 37.6 Å². The molecule has 2 N–H and O–H groups in total. The molecule has 3 heterocycles. The molecule has 2 aliphatic rings. The summed E-state index contributed by atoms with van der Waals surface area (Å²) in [7, 11) is 0. The van der Waals surface area contributed by atoms with Crippen molar-refractivity contribution in [1.29, 1.82) is 0 Å². The number of anilines is 3. The van der Waals surface area contributed by atoms with Crippen molar-refractivity contribution in [1.82, 2.24) is 15.3 Å². The number of nitrogens with zero attached hydrogens (tertiary/aromatic N) is 4. The number of rotatable bonds is 5. The van der Waals surface area contributed by atoms with Crippen LogP contribution in [0.1, 0.15) is 25.8 Å². The molecule has 1 aromatic heterocycles. The molecule has 2 unspecified atom stereocenters. The van der Waals surface area contributed by atoms with Crippen LogP contribution in [0.2, 0.25) is 5.02 Å². The number of halogens is 1. The molecule has 0 radical (unpaired) electrons. The molecule has 2 aliphatic heterocycles. The zero-order chi connectivity index (χ0) is 22.5. The molecule has 9 heteroatoms. The summed E-state index contributed by atoms with van der Waals surface area (Å²) in [5.41, 5.74) is 1.10. The van der Waals surface area contributed by atoms with Gasteiger partial charge in [-0.2, -0.15) is 9.97 Å². The predicted molar refractivity (Wildman–Crippen MR) is 135 cm³/mol. The lowest BCUT2D eigenvalue weighted by Gasteiger charge is -2.36. The van der Waals surface area contributed by atoms with E-state index in [-0.39, 0.29) is 0 Å². The first-order chi connectivity index (χ1) is 15.5. The normalized spacial score (nSPS) is 21.3. The van der Waals surface area contributed by atoms with E-state index >= 15 is 0 Å². The first kappa shape index (κ1) is 23.0. The van der Waals surface area contributed by atoms with Gasteiger partial charge in [0.1, 0.15) is 11.6 Å². The van der Waals surface area contributed by atoms with Crippen LogP contribution >= 0.6 is 23.8 Å². The van der Waals surface area contributed by atoms with Crippen molar-refractivity contribution in [3.05, 3.63) is 40.9 Å². The van der Waals surface area contributed by atoms with Crippen LogP contribution in [0.15, 0.2) is 30.3 Å². The molecular formula is C23H31ClN6OS. The van der Waals surface area contributed by atoms with Crippen LogP contribution in [0.25, 0.3) is 0 Å². The Bertz CT molecular complexity index is 911. The Balaban J connectivity index is 1.50. The van der Waals surface area contributed by atoms with Crippen molar-refractivity contribution in [3.8, 4) is 0 Å². The minimum atomic E-state index is 0.491. The van der Waals surface area contributed by atoms with Crippen molar-refractivity contribution >= 4 is 46.5 Å². The molecule has 7 nitrogen and oxygen atoms in total. The Labute approximate surface area is 200 Å². The summed E-state index contributed by atoms with van der Waals surface area (Å²) in [5, 5.41) is 7.63. The number of ether oxygens (including phenoxy) is 1. The Morgan fingerprint density at radius 1 is 1.06 bits per heavy atom. The number of aromatic nitrogens is 2. The molecule has 0 amide bonds. The summed E-state index contributed by atoms with van der Waals surface area (Å²) >= 11 is 11.5. The first-order valence-electron chi connectivity index (χ1n) is 11.2. The SMILES string of the molecule is CC1CC(C)CN(c2cc(N3CCOCC3)nc(NC(=S)NCc3ccc(Cl)cc3)n2)C1. The lowest BCUT2D eigenvalue weighted by molar-refractivity contribution is 0.122. The molecule has 1 aromatic carbocycles. The molecule has 4 rings (SSSR count). The highest BCUT2D eigenvalue weighted by molar-refractivity contribution is 7.80. The van der Waals surface area contributed by atoms with Crippen molar-refractivity contribution in [2.24, 2.45) is 11.8 Å². The fourth-order valence-corrected chi connectivity index (χ4v) is 4.66. The fraction of sp³-hybridized carbons (Fsp3) is 0.522. The third kappa shape index (κ3) is 6.21. The molecule has 2 aromatic rings. The molecule has 0 saturated carbocycles. The van der Waals surface area contributed by atoms with E-state index in [1.807, 2.05) is 24.3 Å². The highest BCUT2D eigenvalue weighted by Gasteiger charge is 2.25. The monoisotopic (exact) mass is 474 g/mol. The van der Waals surface area contributed by atoms with Gasteiger partial charge in [0.15, 0.2) is 5.11 Å². The van der Waals surface area contributed by atoms with Gasteiger partial charge in [0.05, 0.1) is 13.2 Å².